The predicted octanol–water partition coefficient (Wildman–Crippen LogP) is 1.45. The molecule has 1 atom stereocenters. The fraction of sp³-hybridized carbons (Fsp3) is 0.650. The number of hydrogen-bond donors (Lipinski definition) is 1. The third-order valence-electron chi connectivity index (χ3n) is 5.31. The summed E-state index contributed by atoms with van der Waals surface area (Å²) in [5.41, 5.74) is 0.100. The number of piperidine rings is 1. The summed E-state index contributed by atoms with van der Waals surface area (Å²) in [7, 11) is 0. The molecule has 0 spiro atoms. The number of benzene rings is 1. The number of likely N-dealkylation sites (tertiary alicyclic amines) is 1. The van der Waals surface area contributed by atoms with Crippen molar-refractivity contribution in [3.8, 4) is 5.75 Å². The molecule has 0 bridgehead atoms. The van der Waals surface area contributed by atoms with Crippen LogP contribution in [0, 0.1) is 6.92 Å². The van der Waals surface area contributed by atoms with Gasteiger partial charge in [-0.05, 0) is 37.5 Å². The molecule has 2 aliphatic rings. The summed E-state index contributed by atoms with van der Waals surface area (Å²) in [4.78, 5) is 15.7. The molecule has 0 saturated carbocycles. The van der Waals surface area contributed by atoms with E-state index in [2.05, 4.69) is 4.90 Å². The van der Waals surface area contributed by atoms with Gasteiger partial charge in [0, 0.05) is 39.1 Å². The van der Waals surface area contributed by atoms with E-state index in [4.69, 9.17) is 9.47 Å². The summed E-state index contributed by atoms with van der Waals surface area (Å²) in [6.45, 7) is 7.65. The molecule has 2 heterocycles. The first-order chi connectivity index (χ1) is 12.5. The van der Waals surface area contributed by atoms with Crippen LogP contribution < -0.4 is 4.74 Å². The lowest BCUT2D eigenvalue weighted by molar-refractivity contribution is -0.130. The Morgan fingerprint density at radius 3 is 2.81 bits per heavy atom. The predicted molar refractivity (Wildman–Crippen MR) is 99.3 cm³/mol. The van der Waals surface area contributed by atoms with Crippen LogP contribution in [-0.4, -0.2) is 78.5 Å². The van der Waals surface area contributed by atoms with E-state index in [9.17, 15) is 9.90 Å². The van der Waals surface area contributed by atoms with E-state index in [0.29, 0.717) is 19.2 Å². The van der Waals surface area contributed by atoms with Crippen LogP contribution in [0.1, 0.15) is 25.3 Å². The van der Waals surface area contributed by atoms with Crippen molar-refractivity contribution < 1.29 is 19.4 Å². The molecule has 26 heavy (non-hydrogen) atoms. The third-order valence-corrected chi connectivity index (χ3v) is 5.31. The Morgan fingerprint density at radius 2 is 2.12 bits per heavy atom. The lowest BCUT2D eigenvalue weighted by atomic mass is 9.99. The van der Waals surface area contributed by atoms with E-state index < -0.39 is 5.60 Å². The highest BCUT2D eigenvalue weighted by atomic mass is 16.5. The molecule has 1 N–H and O–H groups in total. The number of β-amino-alcohol motifs (C(OH)–C–C–N with tert-alkyl or cyclic N) is 1. The first-order valence-electron chi connectivity index (χ1n) is 9.44. The maximum Gasteiger partial charge on any atom is 0.219 e. The molecule has 6 nitrogen and oxygen atoms in total. The molecular formula is C20H30N2O4. The summed E-state index contributed by atoms with van der Waals surface area (Å²) in [6.07, 6.45) is 1.88. The standard InChI is InChI=1S/C20H30N2O4/c1-16-4-3-5-19(12-16)26-15-20(24)13-22(10-11-25-14-20)18-6-8-21(9-7-18)17(2)23/h3-5,12,18,24H,6-11,13-15H2,1-2H3/t20-/m0/s1. The number of amides is 1. The smallest absolute Gasteiger partial charge is 0.219 e. The average molecular weight is 362 g/mol. The van der Waals surface area contributed by atoms with Crippen LogP contribution in [0.3, 0.4) is 0 Å². The first kappa shape index (κ1) is 19.1. The number of carbonyl (C=O) groups is 1. The van der Waals surface area contributed by atoms with E-state index in [1.165, 1.54) is 0 Å². The number of carbonyl (C=O) groups excluding carboxylic acids is 1. The van der Waals surface area contributed by atoms with E-state index in [1.807, 2.05) is 36.1 Å². The van der Waals surface area contributed by atoms with Gasteiger partial charge in [0.2, 0.25) is 5.91 Å². The lowest BCUT2D eigenvalue weighted by Gasteiger charge is -2.40. The maximum atomic E-state index is 11.5. The van der Waals surface area contributed by atoms with Gasteiger partial charge in [0.1, 0.15) is 18.0 Å². The van der Waals surface area contributed by atoms with Gasteiger partial charge in [-0.15, -0.1) is 0 Å². The minimum Gasteiger partial charge on any atom is -0.490 e. The molecular weight excluding hydrogens is 332 g/mol. The molecule has 1 aromatic carbocycles. The van der Waals surface area contributed by atoms with Crippen LogP contribution in [0.5, 0.6) is 5.75 Å². The minimum absolute atomic E-state index is 0.144. The molecule has 0 aliphatic carbocycles. The second-order valence-corrected chi connectivity index (χ2v) is 7.59. The second-order valence-electron chi connectivity index (χ2n) is 7.59. The second kappa shape index (κ2) is 8.37. The van der Waals surface area contributed by atoms with Gasteiger partial charge in [0.15, 0.2) is 0 Å². The van der Waals surface area contributed by atoms with Crippen molar-refractivity contribution in [2.45, 2.75) is 38.3 Å². The lowest BCUT2D eigenvalue weighted by Crippen LogP contribution is -2.53. The van der Waals surface area contributed by atoms with Crippen molar-refractivity contribution >= 4 is 5.91 Å². The van der Waals surface area contributed by atoms with Gasteiger partial charge in [-0.25, -0.2) is 0 Å². The molecule has 2 saturated heterocycles. The molecule has 2 fully saturated rings. The van der Waals surface area contributed by atoms with Gasteiger partial charge in [-0.2, -0.15) is 0 Å². The van der Waals surface area contributed by atoms with Gasteiger partial charge < -0.3 is 19.5 Å². The molecule has 1 amide bonds. The average Bonchev–Trinajstić information content (AvgIpc) is 2.83. The third kappa shape index (κ3) is 4.96. The largest absolute Gasteiger partial charge is 0.490 e. The van der Waals surface area contributed by atoms with Crippen LogP contribution in [-0.2, 0) is 9.53 Å². The maximum absolute atomic E-state index is 11.5. The number of aliphatic hydroxyl groups is 1. The highest BCUT2D eigenvalue weighted by Crippen LogP contribution is 2.23. The minimum atomic E-state index is -1.03. The quantitative estimate of drug-likeness (QED) is 0.878. The molecule has 3 rings (SSSR count). The van der Waals surface area contributed by atoms with Crippen LogP contribution >= 0.6 is 0 Å². The Morgan fingerprint density at radius 1 is 1.35 bits per heavy atom. The van der Waals surface area contributed by atoms with E-state index in [-0.39, 0.29) is 19.1 Å². The molecule has 0 radical (unpaired) electrons. The normalized spacial score (nSPS) is 25.7. The Labute approximate surface area is 155 Å². The zero-order valence-corrected chi connectivity index (χ0v) is 15.8. The molecule has 6 heteroatoms. The van der Waals surface area contributed by atoms with Crippen molar-refractivity contribution in [1.82, 2.24) is 9.80 Å². The van der Waals surface area contributed by atoms with Crippen LogP contribution in [0.15, 0.2) is 24.3 Å². The van der Waals surface area contributed by atoms with Gasteiger partial charge in [0.05, 0.1) is 13.2 Å². The molecule has 2 aliphatic heterocycles. The Kier molecular flexibility index (Phi) is 6.16. The Hall–Kier alpha value is -1.63. The molecule has 1 aromatic rings. The van der Waals surface area contributed by atoms with Crippen molar-refractivity contribution in [3.05, 3.63) is 29.8 Å². The number of rotatable bonds is 4. The van der Waals surface area contributed by atoms with Crippen molar-refractivity contribution in [3.63, 3.8) is 0 Å². The van der Waals surface area contributed by atoms with E-state index in [1.54, 1.807) is 6.92 Å². The number of aryl methyl sites for hydroxylation is 1. The summed E-state index contributed by atoms with van der Waals surface area (Å²) in [5, 5.41) is 11.1. The van der Waals surface area contributed by atoms with Gasteiger partial charge in [-0.1, -0.05) is 12.1 Å². The molecule has 0 unspecified atom stereocenters. The summed E-state index contributed by atoms with van der Waals surface area (Å²) in [5.74, 6) is 0.912. The first-order valence-corrected chi connectivity index (χ1v) is 9.44. The van der Waals surface area contributed by atoms with Crippen LogP contribution in [0.25, 0.3) is 0 Å². The number of ether oxygens (including phenoxy) is 2. The highest BCUT2D eigenvalue weighted by molar-refractivity contribution is 5.73. The van der Waals surface area contributed by atoms with Crippen LogP contribution in [0.4, 0.5) is 0 Å². The summed E-state index contributed by atoms with van der Waals surface area (Å²) >= 11 is 0. The van der Waals surface area contributed by atoms with Crippen molar-refractivity contribution in [2.24, 2.45) is 0 Å². The van der Waals surface area contributed by atoms with E-state index in [0.717, 1.165) is 43.8 Å². The highest BCUT2D eigenvalue weighted by Gasteiger charge is 2.37. The number of hydrogen-bond acceptors (Lipinski definition) is 5. The van der Waals surface area contributed by atoms with Crippen molar-refractivity contribution in [2.75, 3.05) is 46.0 Å². The topological polar surface area (TPSA) is 62.2 Å². The zero-order valence-electron chi connectivity index (χ0n) is 15.8. The van der Waals surface area contributed by atoms with Gasteiger partial charge in [-0.3, -0.25) is 9.69 Å². The number of nitrogens with zero attached hydrogens (tertiary/aromatic N) is 2. The Bertz CT molecular complexity index is 616. The van der Waals surface area contributed by atoms with Crippen LogP contribution in [0.2, 0.25) is 0 Å². The fourth-order valence-electron chi connectivity index (χ4n) is 3.81. The van der Waals surface area contributed by atoms with Crippen molar-refractivity contribution in [1.29, 1.82) is 0 Å². The SMILES string of the molecule is CC(=O)N1CCC(N2CCOC[C@](O)(COc3cccc(C)c3)C2)CC1. The molecule has 144 valence electrons. The summed E-state index contributed by atoms with van der Waals surface area (Å²) < 4.78 is 11.5. The van der Waals surface area contributed by atoms with E-state index >= 15 is 0 Å². The monoisotopic (exact) mass is 362 g/mol. The zero-order chi connectivity index (χ0) is 18.6. The summed E-state index contributed by atoms with van der Waals surface area (Å²) in [6, 6.07) is 8.22. The van der Waals surface area contributed by atoms with Gasteiger partial charge >= 0.3 is 0 Å². The Balaban J connectivity index is 1.58. The fourth-order valence-corrected chi connectivity index (χ4v) is 3.81. The van der Waals surface area contributed by atoms with Gasteiger partial charge in [0.25, 0.3) is 0 Å². The molecule has 0 aromatic heterocycles.